The van der Waals surface area contributed by atoms with Crippen LogP contribution in [0.4, 0.5) is 5.13 Å². The van der Waals surface area contributed by atoms with E-state index in [4.69, 9.17) is 27.9 Å². The Labute approximate surface area is 173 Å². The van der Waals surface area contributed by atoms with Gasteiger partial charge in [-0.3, -0.25) is 19.3 Å². The lowest BCUT2D eigenvalue weighted by Crippen LogP contribution is -2.37. The number of amides is 3. The lowest BCUT2D eigenvalue weighted by atomic mass is 10.1. The van der Waals surface area contributed by atoms with Crippen molar-refractivity contribution in [3.05, 3.63) is 43.9 Å². The topological polar surface area (TPSA) is 106 Å². The average molecular weight is 442 g/mol. The number of fused-ring (bicyclic) bond motifs is 1. The molecule has 1 aliphatic rings. The molecule has 1 aromatic carbocycles. The fraction of sp³-hybridized carbons (Fsp3) is 0.235. The lowest BCUT2D eigenvalue weighted by Gasteiger charge is -2.12. The number of halogens is 2. The van der Waals surface area contributed by atoms with Gasteiger partial charge >= 0.3 is 5.97 Å². The number of imide groups is 1. The first-order valence-electron chi connectivity index (χ1n) is 8.02. The summed E-state index contributed by atoms with van der Waals surface area (Å²) in [6.07, 6.45) is 0. The summed E-state index contributed by atoms with van der Waals surface area (Å²) in [5.41, 5.74) is 0.576. The summed E-state index contributed by atoms with van der Waals surface area (Å²) >= 11 is 12.7. The van der Waals surface area contributed by atoms with Gasteiger partial charge in [0.1, 0.15) is 11.4 Å². The third-order valence-corrected chi connectivity index (χ3v) is 5.59. The number of anilines is 1. The zero-order chi connectivity index (χ0) is 20.6. The van der Waals surface area contributed by atoms with Crippen molar-refractivity contribution in [1.29, 1.82) is 0 Å². The molecule has 0 atom stereocenters. The zero-order valence-corrected chi connectivity index (χ0v) is 17.0. The van der Waals surface area contributed by atoms with Crippen LogP contribution in [0.5, 0.6) is 0 Å². The number of ether oxygens (including phenoxy) is 1. The standard InChI is InChI=1S/C17H13Cl2N3O5S/c1-3-27-16(26)13-7(2)20-17(28-13)21-12(23)6-22-14(24)8-4-10(18)11(19)5-9(8)15(22)25/h4-5H,3,6H2,1-2H3,(H,20,21,23). The first-order chi connectivity index (χ1) is 13.2. The van der Waals surface area contributed by atoms with Gasteiger partial charge in [0.25, 0.3) is 11.8 Å². The number of rotatable bonds is 5. The Kier molecular flexibility index (Phi) is 5.69. The van der Waals surface area contributed by atoms with E-state index in [1.807, 2.05) is 0 Å². The minimum Gasteiger partial charge on any atom is -0.462 e. The van der Waals surface area contributed by atoms with Gasteiger partial charge in [0, 0.05) is 0 Å². The Balaban J connectivity index is 1.72. The number of nitrogens with zero attached hydrogens (tertiary/aromatic N) is 2. The highest BCUT2D eigenvalue weighted by Gasteiger charge is 2.37. The molecular weight excluding hydrogens is 429 g/mol. The number of hydrogen-bond acceptors (Lipinski definition) is 7. The number of hydrogen-bond donors (Lipinski definition) is 1. The summed E-state index contributed by atoms with van der Waals surface area (Å²) in [7, 11) is 0. The van der Waals surface area contributed by atoms with Crippen LogP contribution in [0.2, 0.25) is 10.0 Å². The highest BCUT2D eigenvalue weighted by molar-refractivity contribution is 7.17. The molecule has 0 bridgehead atoms. The van der Waals surface area contributed by atoms with E-state index < -0.39 is 30.2 Å². The van der Waals surface area contributed by atoms with E-state index >= 15 is 0 Å². The SMILES string of the molecule is CCOC(=O)c1sc(NC(=O)CN2C(=O)c3cc(Cl)c(Cl)cc3C2=O)nc1C. The number of thiazole rings is 1. The summed E-state index contributed by atoms with van der Waals surface area (Å²) in [5, 5.41) is 2.91. The van der Waals surface area contributed by atoms with Gasteiger partial charge in [0.05, 0.1) is 33.5 Å². The van der Waals surface area contributed by atoms with Crippen molar-refractivity contribution in [2.24, 2.45) is 0 Å². The van der Waals surface area contributed by atoms with Gasteiger partial charge in [-0.1, -0.05) is 34.5 Å². The summed E-state index contributed by atoms with van der Waals surface area (Å²) in [6.45, 7) is 2.98. The van der Waals surface area contributed by atoms with Crippen molar-refractivity contribution >= 4 is 63.4 Å². The number of carbonyl (C=O) groups is 4. The normalized spacial score (nSPS) is 12.9. The number of aromatic nitrogens is 1. The minimum atomic E-state index is -0.643. The van der Waals surface area contributed by atoms with Gasteiger partial charge in [0.15, 0.2) is 5.13 Å². The molecule has 146 valence electrons. The second-order valence-corrected chi connectivity index (χ2v) is 7.52. The van der Waals surface area contributed by atoms with E-state index in [1.165, 1.54) is 12.1 Å². The summed E-state index contributed by atoms with van der Waals surface area (Å²) in [6, 6.07) is 2.60. The smallest absolute Gasteiger partial charge is 0.350 e. The third kappa shape index (κ3) is 3.73. The molecule has 1 aromatic heterocycles. The van der Waals surface area contributed by atoms with Gasteiger partial charge in [-0.05, 0) is 26.0 Å². The van der Waals surface area contributed by atoms with E-state index in [9.17, 15) is 19.2 Å². The van der Waals surface area contributed by atoms with Crippen LogP contribution in [0.3, 0.4) is 0 Å². The fourth-order valence-corrected chi connectivity index (χ4v) is 3.77. The number of esters is 1. The van der Waals surface area contributed by atoms with Gasteiger partial charge < -0.3 is 10.1 Å². The molecule has 0 saturated carbocycles. The van der Waals surface area contributed by atoms with Crippen molar-refractivity contribution in [1.82, 2.24) is 9.88 Å². The summed E-state index contributed by atoms with van der Waals surface area (Å²) < 4.78 is 4.92. The van der Waals surface area contributed by atoms with E-state index in [1.54, 1.807) is 13.8 Å². The molecule has 0 spiro atoms. The van der Waals surface area contributed by atoms with E-state index in [2.05, 4.69) is 10.3 Å². The summed E-state index contributed by atoms with van der Waals surface area (Å²) in [5.74, 6) is -2.46. The Morgan fingerprint density at radius 3 is 2.29 bits per heavy atom. The Bertz CT molecular complexity index is 979. The van der Waals surface area contributed by atoms with Crippen LogP contribution >= 0.6 is 34.5 Å². The molecule has 8 nitrogen and oxygen atoms in total. The van der Waals surface area contributed by atoms with Crippen LogP contribution in [-0.4, -0.2) is 46.7 Å². The van der Waals surface area contributed by atoms with Crippen molar-refractivity contribution in [2.45, 2.75) is 13.8 Å². The third-order valence-electron chi connectivity index (χ3n) is 3.82. The molecule has 3 rings (SSSR count). The number of aryl methyl sites for hydroxylation is 1. The molecule has 2 aromatic rings. The van der Waals surface area contributed by atoms with Crippen LogP contribution in [0, 0.1) is 6.92 Å². The molecule has 0 radical (unpaired) electrons. The predicted molar refractivity (Wildman–Crippen MR) is 103 cm³/mol. The molecule has 2 heterocycles. The number of nitrogens with one attached hydrogen (secondary N) is 1. The van der Waals surface area contributed by atoms with Gasteiger partial charge in [-0.25, -0.2) is 9.78 Å². The Morgan fingerprint density at radius 2 is 1.75 bits per heavy atom. The molecular formula is C17H13Cl2N3O5S. The molecule has 0 aliphatic carbocycles. The van der Waals surface area contributed by atoms with Crippen molar-refractivity contribution in [2.75, 3.05) is 18.5 Å². The van der Waals surface area contributed by atoms with Gasteiger partial charge in [-0.15, -0.1) is 0 Å². The van der Waals surface area contributed by atoms with Crippen LogP contribution < -0.4 is 5.32 Å². The van der Waals surface area contributed by atoms with Crippen LogP contribution in [0.15, 0.2) is 12.1 Å². The van der Waals surface area contributed by atoms with Crippen LogP contribution in [0.25, 0.3) is 0 Å². The quantitative estimate of drug-likeness (QED) is 0.563. The molecule has 1 N–H and O–H groups in total. The number of carbonyl (C=O) groups excluding carboxylic acids is 4. The second kappa shape index (κ2) is 7.86. The van der Waals surface area contributed by atoms with Crippen molar-refractivity contribution in [3.63, 3.8) is 0 Å². The molecule has 0 fully saturated rings. The molecule has 28 heavy (non-hydrogen) atoms. The van der Waals surface area contributed by atoms with Gasteiger partial charge in [0.2, 0.25) is 5.91 Å². The maximum absolute atomic E-state index is 12.4. The largest absolute Gasteiger partial charge is 0.462 e. The summed E-state index contributed by atoms with van der Waals surface area (Å²) in [4.78, 5) is 54.1. The predicted octanol–water partition coefficient (Wildman–Crippen LogP) is 3.17. The lowest BCUT2D eigenvalue weighted by molar-refractivity contribution is -0.116. The molecule has 0 saturated heterocycles. The van der Waals surface area contributed by atoms with Crippen molar-refractivity contribution < 1.29 is 23.9 Å². The van der Waals surface area contributed by atoms with Gasteiger partial charge in [-0.2, -0.15) is 0 Å². The van der Waals surface area contributed by atoms with E-state index in [0.717, 1.165) is 16.2 Å². The number of benzene rings is 1. The molecule has 0 unspecified atom stereocenters. The van der Waals surface area contributed by atoms with Crippen LogP contribution in [0.1, 0.15) is 43.0 Å². The Hall–Kier alpha value is -2.49. The molecule has 3 amide bonds. The zero-order valence-electron chi connectivity index (χ0n) is 14.7. The monoisotopic (exact) mass is 441 g/mol. The fourth-order valence-electron chi connectivity index (χ4n) is 2.57. The van der Waals surface area contributed by atoms with E-state index in [-0.39, 0.29) is 37.8 Å². The average Bonchev–Trinajstić information content (AvgIpc) is 3.09. The first kappa shape index (κ1) is 20.2. The maximum Gasteiger partial charge on any atom is 0.350 e. The Morgan fingerprint density at radius 1 is 1.18 bits per heavy atom. The highest BCUT2D eigenvalue weighted by atomic mass is 35.5. The minimum absolute atomic E-state index is 0.0851. The maximum atomic E-state index is 12.4. The first-order valence-corrected chi connectivity index (χ1v) is 9.59. The van der Waals surface area contributed by atoms with Crippen molar-refractivity contribution in [3.8, 4) is 0 Å². The highest BCUT2D eigenvalue weighted by Crippen LogP contribution is 2.31. The molecule has 11 heteroatoms. The molecule has 1 aliphatic heterocycles. The van der Waals surface area contributed by atoms with E-state index in [0.29, 0.717) is 5.69 Å². The van der Waals surface area contributed by atoms with Crippen LogP contribution in [-0.2, 0) is 9.53 Å². The second-order valence-electron chi connectivity index (χ2n) is 5.71.